The summed E-state index contributed by atoms with van der Waals surface area (Å²) in [4.78, 5) is 2.24. The van der Waals surface area contributed by atoms with E-state index in [4.69, 9.17) is 16.3 Å². The number of nitrogens with zero attached hydrogens (tertiary/aromatic N) is 1. The largest absolute Gasteiger partial charge is 0.453 e. The molecule has 22 heavy (non-hydrogen) atoms. The van der Waals surface area contributed by atoms with Crippen molar-refractivity contribution in [3.05, 3.63) is 58.9 Å². The number of halogens is 2. The summed E-state index contributed by atoms with van der Waals surface area (Å²) in [5.74, 6) is 0.491. The lowest BCUT2D eigenvalue weighted by molar-refractivity contribution is 0.435. The lowest BCUT2D eigenvalue weighted by Crippen LogP contribution is -2.18. The number of hydrogen-bond acceptors (Lipinski definition) is 2. The second-order valence-corrected chi connectivity index (χ2v) is 6.10. The van der Waals surface area contributed by atoms with Gasteiger partial charge in [0.05, 0.1) is 10.7 Å². The van der Waals surface area contributed by atoms with E-state index >= 15 is 0 Å². The van der Waals surface area contributed by atoms with Crippen molar-refractivity contribution < 1.29 is 9.13 Å². The highest BCUT2D eigenvalue weighted by Gasteiger charge is 2.26. The van der Waals surface area contributed by atoms with E-state index in [1.54, 1.807) is 6.07 Å². The third-order valence-electron chi connectivity index (χ3n) is 4.33. The molecule has 4 rings (SSSR count). The molecule has 112 valence electrons. The number of anilines is 1. The van der Waals surface area contributed by atoms with E-state index in [0.29, 0.717) is 16.3 Å². The molecule has 0 unspecified atom stereocenters. The summed E-state index contributed by atoms with van der Waals surface area (Å²) in [6, 6.07) is 8.65. The first-order chi connectivity index (χ1) is 10.6. The lowest BCUT2D eigenvalue weighted by atomic mass is 9.95. The van der Waals surface area contributed by atoms with E-state index in [1.807, 2.05) is 18.2 Å². The van der Waals surface area contributed by atoms with Crippen LogP contribution in [0.1, 0.15) is 24.0 Å². The molecule has 0 radical (unpaired) electrons. The van der Waals surface area contributed by atoms with Crippen LogP contribution >= 0.6 is 11.6 Å². The van der Waals surface area contributed by atoms with Crippen LogP contribution in [0.2, 0.25) is 5.02 Å². The minimum Gasteiger partial charge on any atom is -0.453 e. The van der Waals surface area contributed by atoms with Crippen molar-refractivity contribution in [2.45, 2.75) is 12.8 Å². The van der Waals surface area contributed by atoms with E-state index in [0.717, 1.165) is 29.9 Å². The van der Waals surface area contributed by atoms with Gasteiger partial charge in [-0.2, -0.15) is 0 Å². The fourth-order valence-electron chi connectivity index (χ4n) is 3.17. The van der Waals surface area contributed by atoms with Gasteiger partial charge >= 0.3 is 0 Å². The molecule has 0 saturated carbocycles. The van der Waals surface area contributed by atoms with E-state index in [-0.39, 0.29) is 11.6 Å². The molecule has 2 aromatic carbocycles. The van der Waals surface area contributed by atoms with Crippen LogP contribution in [0.25, 0.3) is 5.57 Å². The van der Waals surface area contributed by atoms with Crippen molar-refractivity contribution in [2.75, 3.05) is 18.0 Å². The molecule has 0 N–H and O–H groups in total. The van der Waals surface area contributed by atoms with E-state index in [1.165, 1.54) is 18.9 Å². The van der Waals surface area contributed by atoms with Crippen molar-refractivity contribution in [1.82, 2.24) is 0 Å². The SMILES string of the molecule is C=C1c2cc(Cl)c(N3CCCC3)cc2Oc2c(F)cccc21. The molecule has 2 heterocycles. The predicted octanol–water partition coefficient (Wildman–Crippen LogP) is 5.25. The van der Waals surface area contributed by atoms with Gasteiger partial charge in [-0.15, -0.1) is 0 Å². The van der Waals surface area contributed by atoms with Gasteiger partial charge in [-0.3, -0.25) is 0 Å². The van der Waals surface area contributed by atoms with Gasteiger partial charge in [0.15, 0.2) is 11.6 Å². The molecule has 0 bridgehead atoms. The van der Waals surface area contributed by atoms with Crippen molar-refractivity contribution in [2.24, 2.45) is 0 Å². The number of benzene rings is 2. The van der Waals surface area contributed by atoms with Crippen molar-refractivity contribution in [3.63, 3.8) is 0 Å². The quantitative estimate of drug-likeness (QED) is 0.608. The molecule has 0 spiro atoms. The maximum Gasteiger partial charge on any atom is 0.170 e. The number of hydrogen-bond donors (Lipinski definition) is 0. The van der Waals surface area contributed by atoms with Crippen LogP contribution in [0.4, 0.5) is 10.1 Å². The van der Waals surface area contributed by atoms with E-state index in [2.05, 4.69) is 11.5 Å². The average molecular weight is 316 g/mol. The third-order valence-corrected chi connectivity index (χ3v) is 4.63. The highest BCUT2D eigenvalue weighted by molar-refractivity contribution is 6.33. The van der Waals surface area contributed by atoms with Crippen LogP contribution < -0.4 is 9.64 Å². The zero-order chi connectivity index (χ0) is 15.3. The lowest BCUT2D eigenvalue weighted by Gasteiger charge is -2.26. The van der Waals surface area contributed by atoms with Crippen LogP contribution in [0.3, 0.4) is 0 Å². The predicted molar refractivity (Wildman–Crippen MR) is 87.5 cm³/mol. The second-order valence-electron chi connectivity index (χ2n) is 5.69. The van der Waals surface area contributed by atoms with Gasteiger partial charge < -0.3 is 9.64 Å². The zero-order valence-corrected chi connectivity index (χ0v) is 12.8. The average Bonchev–Trinajstić information content (AvgIpc) is 3.03. The zero-order valence-electron chi connectivity index (χ0n) is 12.0. The monoisotopic (exact) mass is 315 g/mol. The van der Waals surface area contributed by atoms with Gasteiger partial charge in [-0.1, -0.05) is 30.3 Å². The minimum absolute atomic E-state index is 0.245. The highest BCUT2D eigenvalue weighted by atomic mass is 35.5. The summed E-state index contributed by atoms with van der Waals surface area (Å²) >= 11 is 6.45. The Balaban J connectivity index is 1.84. The van der Waals surface area contributed by atoms with Crippen LogP contribution in [-0.2, 0) is 0 Å². The van der Waals surface area contributed by atoms with Gasteiger partial charge in [-0.25, -0.2) is 4.39 Å². The number of rotatable bonds is 1. The molecule has 2 aliphatic rings. The van der Waals surface area contributed by atoms with Crippen molar-refractivity contribution >= 4 is 22.9 Å². The van der Waals surface area contributed by atoms with Crippen LogP contribution in [-0.4, -0.2) is 13.1 Å². The molecule has 2 aliphatic heterocycles. The first-order valence-corrected chi connectivity index (χ1v) is 7.77. The first kappa shape index (κ1) is 13.6. The highest BCUT2D eigenvalue weighted by Crippen LogP contribution is 2.47. The van der Waals surface area contributed by atoms with Crippen molar-refractivity contribution in [1.29, 1.82) is 0 Å². The van der Waals surface area contributed by atoms with Crippen LogP contribution in [0.15, 0.2) is 36.9 Å². The molecular formula is C18H15ClFNO. The second kappa shape index (κ2) is 5.03. The maximum atomic E-state index is 14.0. The van der Waals surface area contributed by atoms with E-state index in [9.17, 15) is 4.39 Å². The van der Waals surface area contributed by atoms with Crippen LogP contribution in [0, 0.1) is 5.82 Å². The summed E-state index contributed by atoms with van der Waals surface area (Å²) in [6.07, 6.45) is 2.33. The van der Waals surface area contributed by atoms with Gasteiger partial charge in [0, 0.05) is 30.3 Å². The summed E-state index contributed by atoms with van der Waals surface area (Å²) < 4.78 is 19.8. The van der Waals surface area contributed by atoms with Crippen LogP contribution in [0.5, 0.6) is 11.5 Å². The normalized spacial score (nSPS) is 16.3. The standard InChI is InChI=1S/C18H15ClFNO/c1-11-12-5-4-6-15(20)18(12)22-17-10-16(14(19)9-13(11)17)21-7-2-3-8-21/h4-6,9-10H,1-3,7-8H2. The van der Waals surface area contributed by atoms with Gasteiger partial charge in [0.2, 0.25) is 0 Å². The Morgan fingerprint density at radius 2 is 1.91 bits per heavy atom. The fraction of sp³-hybridized carbons (Fsp3) is 0.222. The molecule has 0 atom stereocenters. The maximum absolute atomic E-state index is 14.0. The summed E-state index contributed by atoms with van der Waals surface area (Å²) in [5, 5.41) is 0.685. The minimum atomic E-state index is -0.373. The molecular weight excluding hydrogens is 301 g/mol. The summed E-state index contributed by atoms with van der Waals surface area (Å²) in [7, 11) is 0. The smallest absolute Gasteiger partial charge is 0.170 e. The Hall–Kier alpha value is -2.00. The Bertz CT molecular complexity index is 781. The molecule has 1 fully saturated rings. The molecule has 0 amide bonds. The number of fused-ring (bicyclic) bond motifs is 2. The van der Waals surface area contributed by atoms with Gasteiger partial charge in [0.25, 0.3) is 0 Å². The summed E-state index contributed by atoms with van der Waals surface area (Å²) in [6.45, 7) is 6.07. The first-order valence-electron chi connectivity index (χ1n) is 7.39. The Kier molecular flexibility index (Phi) is 3.12. The summed E-state index contributed by atoms with van der Waals surface area (Å²) in [5.41, 5.74) is 3.19. The number of para-hydroxylation sites is 1. The topological polar surface area (TPSA) is 12.5 Å². The molecule has 1 saturated heterocycles. The molecule has 4 heteroatoms. The number of ether oxygens (including phenoxy) is 1. The Morgan fingerprint density at radius 1 is 1.14 bits per heavy atom. The molecule has 0 aromatic heterocycles. The Labute approximate surface area is 133 Å². The molecule has 2 aromatic rings. The molecule has 2 nitrogen and oxygen atoms in total. The fourth-order valence-corrected chi connectivity index (χ4v) is 3.45. The molecule has 0 aliphatic carbocycles. The van der Waals surface area contributed by atoms with Gasteiger partial charge in [-0.05, 0) is 30.5 Å². The van der Waals surface area contributed by atoms with Gasteiger partial charge in [0.1, 0.15) is 5.75 Å². The van der Waals surface area contributed by atoms with Crippen molar-refractivity contribution in [3.8, 4) is 11.5 Å². The third kappa shape index (κ3) is 2.00. The van der Waals surface area contributed by atoms with E-state index < -0.39 is 0 Å². The Morgan fingerprint density at radius 3 is 2.68 bits per heavy atom.